The van der Waals surface area contributed by atoms with Gasteiger partial charge in [-0.1, -0.05) is 17.7 Å². The normalized spacial score (nSPS) is 21.3. The Balaban J connectivity index is 1.52. The molecule has 0 saturated carbocycles. The summed E-state index contributed by atoms with van der Waals surface area (Å²) >= 11 is 6.12. The van der Waals surface area contributed by atoms with Gasteiger partial charge in [0.05, 0.1) is 19.3 Å². The van der Waals surface area contributed by atoms with Gasteiger partial charge in [-0.2, -0.15) is 0 Å². The Morgan fingerprint density at radius 2 is 1.88 bits per heavy atom. The van der Waals surface area contributed by atoms with E-state index in [2.05, 4.69) is 9.80 Å². The van der Waals surface area contributed by atoms with E-state index < -0.39 is 0 Å². The largest absolute Gasteiger partial charge is 0.378 e. The number of halogens is 2. The van der Waals surface area contributed by atoms with Gasteiger partial charge in [0.25, 0.3) is 0 Å². The Labute approximate surface area is 153 Å². The summed E-state index contributed by atoms with van der Waals surface area (Å²) in [5, 5.41) is 0.471. The minimum atomic E-state index is -0.259. The molecule has 2 aliphatic heterocycles. The number of carbonyl (C=O) groups is 1. The fourth-order valence-electron chi connectivity index (χ4n) is 3.42. The molecule has 0 radical (unpaired) electrons. The molecule has 3 rings (SSSR count). The maximum absolute atomic E-state index is 13.9. The SMILES string of the molecule is CC(C(=O)N1CCOCC1)N1CCN(Cc2c(F)cccc2Cl)CC1. The summed E-state index contributed by atoms with van der Waals surface area (Å²) in [6, 6.07) is 4.66. The first-order chi connectivity index (χ1) is 12.1. The number of hydrogen-bond acceptors (Lipinski definition) is 4. The van der Waals surface area contributed by atoms with Crippen molar-refractivity contribution < 1.29 is 13.9 Å². The van der Waals surface area contributed by atoms with Gasteiger partial charge in [0, 0.05) is 56.4 Å². The molecule has 2 heterocycles. The molecule has 0 aliphatic carbocycles. The fraction of sp³-hybridized carbons (Fsp3) is 0.611. The molecule has 5 nitrogen and oxygen atoms in total. The quantitative estimate of drug-likeness (QED) is 0.811. The Kier molecular flexibility index (Phi) is 6.28. The topological polar surface area (TPSA) is 36.0 Å². The van der Waals surface area contributed by atoms with Crippen LogP contribution in [-0.2, 0) is 16.1 Å². The summed E-state index contributed by atoms with van der Waals surface area (Å²) in [6.07, 6.45) is 0. The zero-order valence-corrected chi connectivity index (χ0v) is 15.3. The van der Waals surface area contributed by atoms with Crippen LogP contribution < -0.4 is 0 Å². The number of ether oxygens (including phenoxy) is 1. The van der Waals surface area contributed by atoms with Crippen molar-refractivity contribution in [2.75, 3.05) is 52.5 Å². The lowest BCUT2D eigenvalue weighted by Gasteiger charge is -2.39. The smallest absolute Gasteiger partial charge is 0.239 e. The van der Waals surface area contributed by atoms with Gasteiger partial charge in [-0.05, 0) is 19.1 Å². The van der Waals surface area contributed by atoms with E-state index in [0.29, 0.717) is 43.4 Å². The van der Waals surface area contributed by atoms with Crippen molar-refractivity contribution in [1.82, 2.24) is 14.7 Å². The third-order valence-electron chi connectivity index (χ3n) is 5.08. The van der Waals surface area contributed by atoms with Crippen molar-refractivity contribution in [1.29, 1.82) is 0 Å². The van der Waals surface area contributed by atoms with Gasteiger partial charge in [-0.15, -0.1) is 0 Å². The Bertz CT molecular complexity index is 582. The van der Waals surface area contributed by atoms with Crippen LogP contribution in [-0.4, -0.2) is 79.1 Å². The maximum atomic E-state index is 13.9. The second kappa shape index (κ2) is 8.45. The molecule has 7 heteroatoms. The summed E-state index contributed by atoms with van der Waals surface area (Å²) in [4.78, 5) is 18.9. The highest BCUT2D eigenvalue weighted by atomic mass is 35.5. The molecular weight excluding hydrogens is 345 g/mol. The molecule has 2 saturated heterocycles. The van der Waals surface area contributed by atoms with Crippen LogP contribution in [0.3, 0.4) is 0 Å². The first-order valence-corrected chi connectivity index (χ1v) is 9.20. The summed E-state index contributed by atoms with van der Waals surface area (Å²) in [5.74, 6) is -0.0836. The minimum absolute atomic E-state index is 0.128. The zero-order valence-electron chi connectivity index (χ0n) is 14.6. The Hall–Kier alpha value is -1.21. The van der Waals surface area contributed by atoms with Crippen LogP contribution in [0.1, 0.15) is 12.5 Å². The summed E-state index contributed by atoms with van der Waals surface area (Å²) in [6.45, 7) is 8.25. The highest BCUT2D eigenvalue weighted by Crippen LogP contribution is 2.21. The van der Waals surface area contributed by atoms with E-state index in [-0.39, 0.29) is 17.8 Å². The molecule has 0 bridgehead atoms. The lowest BCUT2D eigenvalue weighted by atomic mass is 10.1. The van der Waals surface area contributed by atoms with Crippen molar-refractivity contribution in [2.24, 2.45) is 0 Å². The van der Waals surface area contributed by atoms with Gasteiger partial charge in [-0.25, -0.2) is 4.39 Å². The predicted molar refractivity (Wildman–Crippen MR) is 95.1 cm³/mol. The number of hydrogen-bond donors (Lipinski definition) is 0. The van der Waals surface area contributed by atoms with Crippen LogP contribution in [0.4, 0.5) is 4.39 Å². The molecule has 1 atom stereocenters. The molecule has 0 aromatic heterocycles. The van der Waals surface area contributed by atoms with E-state index in [1.807, 2.05) is 11.8 Å². The van der Waals surface area contributed by atoms with Crippen molar-refractivity contribution in [2.45, 2.75) is 19.5 Å². The lowest BCUT2D eigenvalue weighted by molar-refractivity contribution is -0.141. The molecule has 1 unspecified atom stereocenters. The molecule has 2 aliphatic rings. The third kappa shape index (κ3) is 4.50. The minimum Gasteiger partial charge on any atom is -0.378 e. The number of benzene rings is 1. The van der Waals surface area contributed by atoms with Crippen molar-refractivity contribution in [3.05, 3.63) is 34.6 Å². The van der Waals surface area contributed by atoms with Crippen molar-refractivity contribution in [3.63, 3.8) is 0 Å². The number of morpholine rings is 1. The summed E-state index contributed by atoms with van der Waals surface area (Å²) in [5.41, 5.74) is 0.551. The summed E-state index contributed by atoms with van der Waals surface area (Å²) in [7, 11) is 0. The van der Waals surface area contributed by atoms with Crippen LogP contribution in [0, 0.1) is 5.82 Å². The lowest BCUT2D eigenvalue weighted by Crippen LogP contribution is -2.55. The number of nitrogens with zero attached hydrogens (tertiary/aromatic N) is 3. The van der Waals surface area contributed by atoms with Gasteiger partial charge in [0.2, 0.25) is 5.91 Å². The van der Waals surface area contributed by atoms with Gasteiger partial charge >= 0.3 is 0 Å². The Morgan fingerprint density at radius 3 is 2.52 bits per heavy atom. The van der Waals surface area contributed by atoms with Gasteiger partial charge in [-0.3, -0.25) is 14.6 Å². The third-order valence-corrected chi connectivity index (χ3v) is 5.43. The van der Waals surface area contributed by atoms with Crippen LogP contribution in [0.5, 0.6) is 0 Å². The molecule has 0 spiro atoms. The zero-order chi connectivity index (χ0) is 17.8. The standard InChI is InChI=1S/C18H25ClFN3O2/c1-14(18(24)23-9-11-25-12-10-23)22-7-5-21(6-8-22)13-15-16(19)3-2-4-17(15)20/h2-4,14H,5-13H2,1H3. The first-order valence-electron chi connectivity index (χ1n) is 8.82. The number of amides is 1. The van der Waals surface area contributed by atoms with Crippen molar-refractivity contribution in [3.8, 4) is 0 Å². The second-order valence-corrected chi connectivity index (χ2v) is 7.03. The average Bonchev–Trinajstić information content (AvgIpc) is 2.65. The molecule has 25 heavy (non-hydrogen) atoms. The second-order valence-electron chi connectivity index (χ2n) is 6.63. The van der Waals surface area contributed by atoms with E-state index in [9.17, 15) is 9.18 Å². The maximum Gasteiger partial charge on any atom is 0.239 e. The molecule has 2 fully saturated rings. The first kappa shape index (κ1) is 18.6. The summed E-state index contributed by atoms with van der Waals surface area (Å²) < 4.78 is 19.2. The van der Waals surface area contributed by atoms with Crippen LogP contribution in [0.2, 0.25) is 5.02 Å². The molecular formula is C18H25ClFN3O2. The van der Waals surface area contributed by atoms with E-state index >= 15 is 0 Å². The number of rotatable bonds is 4. The predicted octanol–water partition coefficient (Wildman–Crippen LogP) is 1.84. The molecule has 138 valence electrons. The van der Waals surface area contributed by atoms with Gasteiger partial charge < -0.3 is 9.64 Å². The van der Waals surface area contributed by atoms with E-state index in [4.69, 9.17) is 16.3 Å². The molecule has 0 N–H and O–H groups in total. The van der Waals surface area contributed by atoms with Crippen LogP contribution in [0.25, 0.3) is 0 Å². The molecule has 1 aromatic carbocycles. The molecule has 1 aromatic rings. The number of carbonyl (C=O) groups excluding carboxylic acids is 1. The van der Waals surface area contributed by atoms with E-state index in [1.54, 1.807) is 12.1 Å². The Morgan fingerprint density at radius 1 is 1.20 bits per heavy atom. The van der Waals surface area contributed by atoms with Crippen LogP contribution in [0.15, 0.2) is 18.2 Å². The van der Waals surface area contributed by atoms with Crippen molar-refractivity contribution >= 4 is 17.5 Å². The van der Waals surface area contributed by atoms with Gasteiger partial charge in [0.15, 0.2) is 0 Å². The number of piperazine rings is 1. The fourth-order valence-corrected chi connectivity index (χ4v) is 3.64. The van der Waals surface area contributed by atoms with E-state index in [0.717, 1.165) is 26.2 Å². The highest BCUT2D eigenvalue weighted by Gasteiger charge is 2.29. The van der Waals surface area contributed by atoms with Crippen LogP contribution >= 0.6 is 11.6 Å². The van der Waals surface area contributed by atoms with E-state index in [1.165, 1.54) is 6.07 Å². The molecule has 1 amide bonds. The monoisotopic (exact) mass is 369 g/mol. The average molecular weight is 370 g/mol. The van der Waals surface area contributed by atoms with Gasteiger partial charge in [0.1, 0.15) is 5.82 Å². The highest BCUT2D eigenvalue weighted by molar-refractivity contribution is 6.31.